The van der Waals surface area contributed by atoms with Gasteiger partial charge in [-0.25, -0.2) is 9.78 Å². The van der Waals surface area contributed by atoms with Crippen molar-refractivity contribution >= 4 is 17.3 Å². The van der Waals surface area contributed by atoms with Crippen molar-refractivity contribution < 1.29 is 14.3 Å². The highest BCUT2D eigenvalue weighted by Crippen LogP contribution is 2.25. The summed E-state index contributed by atoms with van der Waals surface area (Å²) in [7, 11) is 1.38. The number of rotatable bonds is 4. The molecule has 1 aromatic heterocycles. The Morgan fingerprint density at radius 1 is 1.43 bits per heavy atom. The molecular formula is C17H20N2O3S. The average Bonchev–Trinajstić information content (AvgIpc) is 3.05. The molecule has 1 atom stereocenters. The van der Waals surface area contributed by atoms with Crippen LogP contribution in [0.2, 0.25) is 0 Å². The Morgan fingerprint density at radius 2 is 2.22 bits per heavy atom. The van der Waals surface area contributed by atoms with Gasteiger partial charge in [0.2, 0.25) is 0 Å². The van der Waals surface area contributed by atoms with E-state index < -0.39 is 0 Å². The molecule has 3 rings (SSSR count). The number of ether oxygens (including phenoxy) is 2. The number of methoxy groups -OCH3 is 1. The van der Waals surface area contributed by atoms with Gasteiger partial charge in [0.15, 0.2) is 0 Å². The normalized spacial score (nSPS) is 18.8. The second-order valence-corrected chi connectivity index (χ2v) is 6.47. The van der Waals surface area contributed by atoms with Gasteiger partial charge in [-0.15, -0.1) is 11.3 Å². The van der Waals surface area contributed by atoms with Gasteiger partial charge in [0, 0.05) is 30.1 Å². The van der Waals surface area contributed by atoms with Crippen molar-refractivity contribution in [2.24, 2.45) is 0 Å². The summed E-state index contributed by atoms with van der Waals surface area (Å²) in [6, 6.07) is 7.78. The second-order valence-electron chi connectivity index (χ2n) is 5.61. The fourth-order valence-electron chi connectivity index (χ4n) is 2.58. The minimum Gasteiger partial charge on any atom is -0.465 e. The van der Waals surface area contributed by atoms with Crippen LogP contribution in [0, 0.1) is 0 Å². The van der Waals surface area contributed by atoms with Crippen LogP contribution >= 0.6 is 11.3 Å². The summed E-state index contributed by atoms with van der Waals surface area (Å²) < 4.78 is 10.2. The van der Waals surface area contributed by atoms with Crippen molar-refractivity contribution in [1.29, 1.82) is 0 Å². The Labute approximate surface area is 139 Å². The van der Waals surface area contributed by atoms with E-state index in [9.17, 15) is 4.79 Å². The summed E-state index contributed by atoms with van der Waals surface area (Å²) in [4.78, 5) is 18.6. The number of carbonyl (C=O) groups is 1. The fraction of sp³-hybridized carbons (Fsp3) is 0.412. The molecule has 1 aliphatic heterocycles. The number of hydrogen-bond acceptors (Lipinski definition) is 6. The van der Waals surface area contributed by atoms with Crippen LogP contribution in [0.25, 0.3) is 10.6 Å². The molecule has 0 amide bonds. The summed E-state index contributed by atoms with van der Waals surface area (Å²) in [6.45, 7) is 5.55. The zero-order valence-electron chi connectivity index (χ0n) is 13.3. The highest BCUT2D eigenvalue weighted by molar-refractivity contribution is 7.13. The number of thiazole rings is 1. The van der Waals surface area contributed by atoms with Gasteiger partial charge in [-0.2, -0.15) is 0 Å². The minimum atomic E-state index is -0.322. The number of hydrogen-bond donors (Lipinski definition) is 0. The van der Waals surface area contributed by atoms with Gasteiger partial charge in [0.1, 0.15) is 5.01 Å². The molecule has 1 aliphatic rings. The maximum absolute atomic E-state index is 11.5. The maximum atomic E-state index is 11.5. The number of carbonyl (C=O) groups excluding carboxylic acids is 1. The molecule has 1 saturated heterocycles. The van der Waals surface area contributed by atoms with Gasteiger partial charge in [0.25, 0.3) is 0 Å². The molecule has 2 aromatic rings. The van der Waals surface area contributed by atoms with E-state index in [0.29, 0.717) is 11.6 Å². The van der Waals surface area contributed by atoms with Crippen molar-refractivity contribution in [3.8, 4) is 10.6 Å². The van der Waals surface area contributed by atoms with Crippen molar-refractivity contribution in [3.63, 3.8) is 0 Å². The molecule has 0 saturated carbocycles. The first-order valence-corrected chi connectivity index (χ1v) is 8.50. The van der Waals surface area contributed by atoms with Gasteiger partial charge in [-0.05, 0) is 19.1 Å². The first kappa shape index (κ1) is 16.1. The molecule has 1 aromatic carbocycles. The smallest absolute Gasteiger partial charge is 0.337 e. The zero-order chi connectivity index (χ0) is 16.2. The third-order valence-electron chi connectivity index (χ3n) is 3.98. The van der Waals surface area contributed by atoms with Gasteiger partial charge in [-0.1, -0.05) is 12.1 Å². The molecule has 2 heterocycles. The van der Waals surface area contributed by atoms with Crippen molar-refractivity contribution in [3.05, 3.63) is 40.9 Å². The molecule has 0 N–H and O–H groups in total. The van der Waals surface area contributed by atoms with Crippen molar-refractivity contribution in [1.82, 2.24) is 9.88 Å². The van der Waals surface area contributed by atoms with E-state index in [2.05, 4.69) is 17.2 Å². The van der Waals surface area contributed by atoms with Gasteiger partial charge < -0.3 is 9.47 Å². The fourth-order valence-corrected chi connectivity index (χ4v) is 3.40. The highest BCUT2D eigenvalue weighted by Gasteiger charge is 2.19. The number of esters is 1. The molecule has 0 radical (unpaired) electrons. The lowest BCUT2D eigenvalue weighted by atomic mass is 10.1. The van der Waals surface area contributed by atoms with Gasteiger partial charge >= 0.3 is 5.97 Å². The van der Waals surface area contributed by atoms with Crippen molar-refractivity contribution in [2.75, 3.05) is 26.9 Å². The summed E-state index contributed by atoms with van der Waals surface area (Å²) in [5.74, 6) is -0.322. The largest absolute Gasteiger partial charge is 0.465 e. The molecule has 0 spiro atoms. The minimum absolute atomic E-state index is 0.322. The molecule has 6 heteroatoms. The first-order chi connectivity index (χ1) is 11.2. The van der Waals surface area contributed by atoms with Crippen LogP contribution in [0.5, 0.6) is 0 Å². The second kappa shape index (κ2) is 7.21. The first-order valence-electron chi connectivity index (χ1n) is 7.62. The Kier molecular flexibility index (Phi) is 5.05. The van der Waals surface area contributed by atoms with Crippen LogP contribution in [0.1, 0.15) is 23.0 Å². The summed E-state index contributed by atoms with van der Waals surface area (Å²) in [6.07, 6.45) is 0. The third kappa shape index (κ3) is 3.77. The lowest BCUT2D eigenvalue weighted by Gasteiger charge is -2.32. The van der Waals surface area contributed by atoms with E-state index >= 15 is 0 Å². The molecular weight excluding hydrogens is 312 g/mol. The Morgan fingerprint density at radius 3 is 2.91 bits per heavy atom. The summed E-state index contributed by atoms with van der Waals surface area (Å²) in [5.41, 5.74) is 2.65. The topological polar surface area (TPSA) is 51.7 Å². The summed E-state index contributed by atoms with van der Waals surface area (Å²) >= 11 is 1.63. The highest BCUT2D eigenvalue weighted by atomic mass is 32.1. The van der Waals surface area contributed by atoms with Crippen LogP contribution in [0.3, 0.4) is 0 Å². The molecule has 23 heavy (non-hydrogen) atoms. The van der Waals surface area contributed by atoms with E-state index in [1.165, 1.54) is 7.11 Å². The van der Waals surface area contributed by atoms with E-state index in [1.54, 1.807) is 23.5 Å². The van der Waals surface area contributed by atoms with Crippen LogP contribution in [0.4, 0.5) is 0 Å². The Hall–Kier alpha value is -1.76. The van der Waals surface area contributed by atoms with Gasteiger partial charge in [0.05, 0.1) is 31.6 Å². The zero-order valence-corrected chi connectivity index (χ0v) is 14.1. The number of aromatic nitrogens is 1. The number of benzene rings is 1. The molecule has 5 nitrogen and oxygen atoms in total. The van der Waals surface area contributed by atoms with E-state index in [-0.39, 0.29) is 5.97 Å². The summed E-state index contributed by atoms with van der Waals surface area (Å²) in [5, 5.41) is 3.07. The Balaban J connectivity index is 1.70. The van der Waals surface area contributed by atoms with E-state index in [1.807, 2.05) is 12.1 Å². The lowest BCUT2D eigenvalue weighted by molar-refractivity contribution is -0.00482. The molecule has 1 unspecified atom stereocenters. The number of morpholine rings is 1. The predicted octanol–water partition coefficient (Wildman–Crippen LogP) is 2.82. The van der Waals surface area contributed by atoms with Crippen LogP contribution in [-0.2, 0) is 16.0 Å². The van der Waals surface area contributed by atoms with Crippen molar-refractivity contribution in [2.45, 2.75) is 19.5 Å². The monoisotopic (exact) mass is 332 g/mol. The van der Waals surface area contributed by atoms with Crippen LogP contribution in [-0.4, -0.2) is 48.8 Å². The standard InChI is InChI=1S/C17H20N2O3S/c1-12-10-22-8-7-19(12)9-15-11-23-16(18-15)13-3-5-14(6-4-13)17(20)21-2/h3-6,11-12H,7-10H2,1-2H3. The Bertz CT molecular complexity index is 669. The van der Waals surface area contributed by atoms with E-state index in [0.717, 1.165) is 42.6 Å². The van der Waals surface area contributed by atoms with E-state index in [4.69, 9.17) is 14.5 Å². The number of nitrogens with zero attached hydrogens (tertiary/aromatic N) is 2. The molecule has 0 bridgehead atoms. The van der Waals surface area contributed by atoms with Crippen LogP contribution < -0.4 is 0 Å². The molecule has 0 aliphatic carbocycles. The molecule has 1 fully saturated rings. The lowest BCUT2D eigenvalue weighted by Crippen LogP contribution is -2.42. The third-order valence-corrected chi connectivity index (χ3v) is 4.92. The average molecular weight is 332 g/mol. The maximum Gasteiger partial charge on any atom is 0.337 e. The SMILES string of the molecule is COC(=O)c1ccc(-c2nc(CN3CCOCC3C)cs2)cc1. The van der Waals surface area contributed by atoms with Crippen LogP contribution in [0.15, 0.2) is 29.6 Å². The van der Waals surface area contributed by atoms with Gasteiger partial charge in [-0.3, -0.25) is 4.90 Å². The predicted molar refractivity (Wildman–Crippen MR) is 89.6 cm³/mol. The molecule has 122 valence electrons. The quantitative estimate of drug-likeness (QED) is 0.806.